The molecule has 0 radical (unpaired) electrons. The van der Waals surface area contributed by atoms with E-state index < -0.39 is 42.3 Å². The third-order valence-electron chi connectivity index (χ3n) is 5.94. The van der Waals surface area contributed by atoms with Crippen LogP contribution in [-0.4, -0.2) is 77.2 Å². The Kier molecular flexibility index (Phi) is 13.4. The number of hydrogen-bond donors (Lipinski definition) is 5. The van der Waals surface area contributed by atoms with Crippen molar-refractivity contribution in [3.8, 4) is 0 Å². The van der Waals surface area contributed by atoms with Crippen LogP contribution >= 0.6 is 0 Å². The molecule has 3 atom stereocenters. The van der Waals surface area contributed by atoms with Crippen LogP contribution in [0.3, 0.4) is 0 Å². The molecular weight excluding hydrogens is 456 g/mol. The molecule has 1 rings (SSSR count). The molecule has 0 bridgehead atoms. The van der Waals surface area contributed by atoms with Crippen LogP contribution in [-0.2, 0) is 24.0 Å². The Hall–Kier alpha value is -3.18. The quantitative estimate of drug-likeness (QED) is 0.0843. The molecule has 0 aromatic rings. The molecule has 0 unspecified atom stereocenters. The van der Waals surface area contributed by atoms with Crippen LogP contribution in [0.5, 0.6) is 0 Å². The molecule has 12 heteroatoms. The van der Waals surface area contributed by atoms with Crippen LogP contribution in [0.15, 0.2) is 4.99 Å². The summed E-state index contributed by atoms with van der Waals surface area (Å²) < 4.78 is 0. The molecule has 12 nitrogen and oxygen atoms in total. The summed E-state index contributed by atoms with van der Waals surface area (Å²) in [5.41, 5.74) is 10.5. The van der Waals surface area contributed by atoms with Crippen molar-refractivity contribution in [2.45, 2.75) is 89.8 Å². The number of carbonyl (C=O) groups excluding carboxylic acids is 4. The van der Waals surface area contributed by atoms with Crippen LogP contribution in [0.4, 0.5) is 0 Å². The third-order valence-corrected chi connectivity index (χ3v) is 5.94. The van der Waals surface area contributed by atoms with Crippen LogP contribution in [0.1, 0.15) is 71.6 Å². The summed E-state index contributed by atoms with van der Waals surface area (Å²) in [5, 5.41) is 14.6. The predicted octanol–water partition coefficient (Wildman–Crippen LogP) is -0.109. The maximum absolute atomic E-state index is 13.3. The number of nitrogens with one attached hydrogen (secondary N) is 2. The number of nitrogens with two attached hydrogens (primary N) is 2. The molecular formula is C23H40N6O6. The Morgan fingerprint density at radius 1 is 1.11 bits per heavy atom. The Balaban J connectivity index is 2.88. The molecule has 0 aromatic heterocycles. The minimum absolute atomic E-state index is 0.0597. The summed E-state index contributed by atoms with van der Waals surface area (Å²) >= 11 is 0. The smallest absolute Gasteiger partial charge is 0.305 e. The van der Waals surface area contributed by atoms with E-state index in [9.17, 15) is 29.1 Å². The van der Waals surface area contributed by atoms with Crippen molar-refractivity contribution in [1.29, 1.82) is 0 Å². The van der Waals surface area contributed by atoms with Gasteiger partial charge in [0.15, 0.2) is 5.96 Å². The molecule has 0 aliphatic carbocycles. The molecule has 1 aliphatic heterocycles. The summed E-state index contributed by atoms with van der Waals surface area (Å²) in [7, 11) is 0. The monoisotopic (exact) mass is 496 g/mol. The van der Waals surface area contributed by atoms with E-state index in [1.54, 1.807) is 0 Å². The highest BCUT2D eigenvalue weighted by atomic mass is 16.4. The second kappa shape index (κ2) is 15.7. The fourth-order valence-electron chi connectivity index (χ4n) is 4.24. The normalized spacial score (nSPS) is 16.9. The summed E-state index contributed by atoms with van der Waals surface area (Å²) in [6.45, 7) is 4.48. The van der Waals surface area contributed by atoms with Crippen LogP contribution < -0.4 is 22.1 Å². The average Bonchev–Trinajstić information content (AvgIpc) is 3.29. The van der Waals surface area contributed by atoms with Crippen LogP contribution in [0, 0.1) is 5.92 Å². The van der Waals surface area contributed by atoms with Crippen molar-refractivity contribution in [3.05, 3.63) is 0 Å². The van der Waals surface area contributed by atoms with E-state index in [1.807, 2.05) is 13.8 Å². The molecule has 0 aromatic carbocycles. The van der Waals surface area contributed by atoms with E-state index in [1.165, 1.54) is 4.90 Å². The summed E-state index contributed by atoms with van der Waals surface area (Å²) in [4.78, 5) is 66.9. The van der Waals surface area contributed by atoms with Gasteiger partial charge in [0.2, 0.25) is 17.7 Å². The van der Waals surface area contributed by atoms with Gasteiger partial charge in [0.25, 0.3) is 0 Å². The first-order valence-corrected chi connectivity index (χ1v) is 12.3. The van der Waals surface area contributed by atoms with Gasteiger partial charge in [-0.2, -0.15) is 0 Å². The summed E-state index contributed by atoms with van der Waals surface area (Å²) in [5.74, 6) is -3.05. The number of carbonyl (C=O) groups is 5. The number of likely N-dealkylation sites (tertiary alicyclic amines) is 1. The first-order chi connectivity index (χ1) is 16.6. The van der Waals surface area contributed by atoms with E-state index in [0.29, 0.717) is 51.4 Å². The van der Waals surface area contributed by atoms with Gasteiger partial charge < -0.3 is 36.9 Å². The van der Waals surface area contributed by atoms with Crippen LogP contribution in [0.2, 0.25) is 0 Å². The van der Waals surface area contributed by atoms with Gasteiger partial charge >= 0.3 is 5.97 Å². The third kappa shape index (κ3) is 10.3. The molecule has 0 spiro atoms. The largest absolute Gasteiger partial charge is 0.481 e. The van der Waals surface area contributed by atoms with Gasteiger partial charge in [-0.15, -0.1) is 0 Å². The zero-order valence-corrected chi connectivity index (χ0v) is 20.7. The first kappa shape index (κ1) is 29.9. The number of aliphatic imine (C=N–C) groups is 1. The second-order valence-electron chi connectivity index (χ2n) is 8.82. The fourth-order valence-corrected chi connectivity index (χ4v) is 4.24. The molecule has 3 amide bonds. The van der Waals surface area contributed by atoms with Crippen molar-refractivity contribution < 1.29 is 29.1 Å². The van der Waals surface area contributed by atoms with E-state index in [4.69, 9.17) is 11.5 Å². The van der Waals surface area contributed by atoms with E-state index in [-0.39, 0.29) is 24.3 Å². The molecule has 198 valence electrons. The topological polar surface area (TPSA) is 197 Å². The molecule has 7 N–H and O–H groups in total. The molecule has 1 aliphatic rings. The minimum atomic E-state index is -1.27. The molecule has 1 saturated heterocycles. The Morgan fingerprint density at radius 3 is 2.31 bits per heavy atom. The minimum Gasteiger partial charge on any atom is -0.481 e. The maximum Gasteiger partial charge on any atom is 0.305 e. The van der Waals surface area contributed by atoms with Gasteiger partial charge in [0.05, 0.1) is 12.5 Å². The summed E-state index contributed by atoms with van der Waals surface area (Å²) in [6.07, 6.45) is 4.59. The lowest BCUT2D eigenvalue weighted by Crippen LogP contribution is -2.55. The standard InChI is InChI=1S/C23H40N6O6/c1-3-7-15(8-4-2)20(33)28-17(13-19(31)32)22(35)29-12-6-10-18(29)21(34)27-16(14-30)9-5-11-26-23(24)25/h14-18H,3-13H2,1-2H3,(H,27,34)(H,28,33)(H,31,32)(H4,24,25,26)/t16-,17-,18+/m1/s1. The first-order valence-electron chi connectivity index (χ1n) is 12.3. The van der Waals surface area contributed by atoms with Gasteiger partial charge in [-0.05, 0) is 38.5 Å². The highest BCUT2D eigenvalue weighted by molar-refractivity contribution is 5.95. The zero-order valence-electron chi connectivity index (χ0n) is 20.7. The number of aliphatic carboxylic acids is 1. The number of carboxylic acids is 1. The van der Waals surface area contributed by atoms with Gasteiger partial charge in [0, 0.05) is 19.0 Å². The predicted molar refractivity (Wildman–Crippen MR) is 130 cm³/mol. The molecule has 1 heterocycles. The number of aldehydes is 1. The van der Waals surface area contributed by atoms with Crippen molar-refractivity contribution in [2.24, 2.45) is 22.4 Å². The van der Waals surface area contributed by atoms with E-state index in [0.717, 1.165) is 12.8 Å². The fraction of sp³-hybridized carbons (Fsp3) is 0.739. The van der Waals surface area contributed by atoms with Gasteiger partial charge in [-0.25, -0.2) is 0 Å². The average molecular weight is 497 g/mol. The molecule has 0 saturated carbocycles. The lowest BCUT2D eigenvalue weighted by Gasteiger charge is -2.29. The van der Waals surface area contributed by atoms with Crippen molar-refractivity contribution >= 4 is 35.9 Å². The molecule has 35 heavy (non-hydrogen) atoms. The lowest BCUT2D eigenvalue weighted by atomic mass is 9.96. The number of guanidine groups is 1. The van der Waals surface area contributed by atoms with E-state index in [2.05, 4.69) is 15.6 Å². The van der Waals surface area contributed by atoms with Gasteiger partial charge in [0.1, 0.15) is 18.4 Å². The second-order valence-corrected chi connectivity index (χ2v) is 8.82. The number of amides is 3. The zero-order chi connectivity index (χ0) is 26.4. The number of rotatable bonds is 16. The Bertz CT molecular complexity index is 764. The molecule has 1 fully saturated rings. The summed E-state index contributed by atoms with van der Waals surface area (Å²) in [6, 6.07) is -2.89. The highest BCUT2D eigenvalue weighted by Gasteiger charge is 2.39. The van der Waals surface area contributed by atoms with Gasteiger partial charge in [-0.1, -0.05) is 26.7 Å². The Labute approximate surface area is 206 Å². The van der Waals surface area contributed by atoms with Gasteiger partial charge in [-0.3, -0.25) is 24.2 Å². The number of hydrogen-bond acceptors (Lipinski definition) is 6. The van der Waals surface area contributed by atoms with Crippen molar-refractivity contribution in [3.63, 3.8) is 0 Å². The lowest BCUT2D eigenvalue weighted by molar-refractivity contribution is -0.146. The Morgan fingerprint density at radius 2 is 1.77 bits per heavy atom. The van der Waals surface area contributed by atoms with Crippen molar-refractivity contribution in [2.75, 3.05) is 13.1 Å². The number of nitrogens with zero attached hydrogens (tertiary/aromatic N) is 2. The van der Waals surface area contributed by atoms with Crippen LogP contribution in [0.25, 0.3) is 0 Å². The SMILES string of the molecule is CCCC(CCC)C(=O)N[C@H](CC(=O)O)C(=O)N1CCC[C@H]1C(=O)N[C@@H](C=O)CCCN=C(N)N. The number of carboxylic acid groups (broad SMARTS) is 1. The maximum atomic E-state index is 13.3. The van der Waals surface area contributed by atoms with Crippen molar-refractivity contribution in [1.82, 2.24) is 15.5 Å². The highest BCUT2D eigenvalue weighted by Crippen LogP contribution is 2.21. The van der Waals surface area contributed by atoms with E-state index >= 15 is 0 Å².